The molecule has 2 aromatic rings. The number of amides is 3. The summed E-state index contributed by atoms with van der Waals surface area (Å²) in [6.07, 6.45) is 1.14. The van der Waals surface area contributed by atoms with Crippen LogP contribution in [-0.4, -0.2) is 68.5 Å². The molecule has 1 fully saturated rings. The lowest BCUT2D eigenvalue weighted by atomic mass is 9.85. The van der Waals surface area contributed by atoms with E-state index in [9.17, 15) is 19.5 Å². The van der Waals surface area contributed by atoms with Crippen molar-refractivity contribution in [1.29, 1.82) is 0 Å². The van der Waals surface area contributed by atoms with Gasteiger partial charge in [-0.25, -0.2) is 4.68 Å². The highest BCUT2D eigenvalue weighted by atomic mass is 16.3. The Hall–Kier alpha value is -3.27. The lowest BCUT2D eigenvalue weighted by Crippen LogP contribution is -2.49. The first kappa shape index (κ1) is 23.4. The van der Waals surface area contributed by atoms with Crippen LogP contribution in [-0.2, 0) is 14.4 Å². The van der Waals surface area contributed by atoms with Gasteiger partial charge < -0.3 is 20.6 Å². The van der Waals surface area contributed by atoms with Crippen molar-refractivity contribution < 1.29 is 19.5 Å². The van der Waals surface area contributed by atoms with E-state index in [1.54, 1.807) is 18.3 Å². The average Bonchev–Trinajstić information content (AvgIpc) is 3.33. The van der Waals surface area contributed by atoms with Crippen LogP contribution >= 0.6 is 0 Å². The molecule has 1 aliphatic rings. The van der Waals surface area contributed by atoms with Crippen molar-refractivity contribution in [3.63, 3.8) is 0 Å². The number of rotatable bonds is 5. The maximum absolute atomic E-state index is 13.6. The smallest absolute Gasteiger partial charge is 0.248 e. The normalized spacial score (nSPS) is 19.5. The first-order valence-corrected chi connectivity index (χ1v) is 10.5. The van der Waals surface area contributed by atoms with Crippen LogP contribution in [0.5, 0.6) is 0 Å². The predicted molar refractivity (Wildman–Crippen MR) is 118 cm³/mol. The number of likely N-dealkylation sites (N-methyl/N-ethyl adjacent to an activating group) is 1. The Morgan fingerprint density at radius 3 is 2.41 bits per heavy atom. The number of carbonyl (C=O) groups is 3. The maximum Gasteiger partial charge on any atom is 0.248 e. The fourth-order valence-corrected chi connectivity index (χ4v) is 3.97. The van der Waals surface area contributed by atoms with E-state index >= 15 is 0 Å². The minimum Gasteiger partial charge on any atom is -0.391 e. The van der Waals surface area contributed by atoms with Gasteiger partial charge in [-0.2, -0.15) is 0 Å². The Morgan fingerprint density at radius 2 is 1.84 bits per heavy atom. The quantitative estimate of drug-likeness (QED) is 0.638. The number of hydrogen-bond acceptors (Lipinski definition) is 6. The van der Waals surface area contributed by atoms with Gasteiger partial charge in [0.15, 0.2) is 0 Å². The first-order valence-electron chi connectivity index (χ1n) is 10.5. The second kappa shape index (κ2) is 9.07. The second-order valence-corrected chi connectivity index (χ2v) is 9.12. The molecule has 1 aromatic carbocycles. The molecular formula is C22H30N6O4. The number of aliphatic hydroxyl groups is 1. The standard InChI is InChI=1S/C22H30N6O4/c1-13(29)24-15-8-6-14(7-9-15)17-12-28(26-25-17)19(22(2,3)4)21(32)27-11-16(30)10-18(27)20(31)23-5/h6-9,12,16,18-19,30H,10-11H2,1-5H3,(H,23,31)(H,24,29)/t16-,18+,19-/m1/s1. The Kier molecular flexibility index (Phi) is 6.63. The number of aliphatic hydroxyl groups excluding tert-OH is 1. The van der Waals surface area contributed by atoms with Crippen molar-refractivity contribution >= 4 is 23.4 Å². The van der Waals surface area contributed by atoms with E-state index in [1.807, 2.05) is 32.9 Å². The SMILES string of the molecule is CNC(=O)[C@@H]1C[C@@H](O)CN1C(=O)[C@@H](n1cc(-c2ccc(NC(C)=O)cc2)nn1)C(C)(C)C. The molecule has 1 saturated heterocycles. The van der Waals surface area contributed by atoms with Gasteiger partial charge in [-0.05, 0) is 17.5 Å². The Balaban J connectivity index is 1.89. The van der Waals surface area contributed by atoms with Crippen molar-refractivity contribution in [2.24, 2.45) is 5.41 Å². The molecule has 0 spiro atoms. The number of benzene rings is 1. The molecule has 0 saturated carbocycles. The molecule has 3 N–H and O–H groups in total. The minimum absolute atomic E-state index is 0.0929. The fraction of sp³-hybridized carbons (Fsp3) is 0.500. The summed E-state index contributed by atoms with van der Waals surface area (Å²) in [6, 6.07) is 5.71. The zero-order valence-electron chi connectivity index (χ0n) is 19.0. The summed E-state index contributed by atoms with van der Waals surface area (Å²) in [5, 5.41) is 23.8. The Morgan fingerprint density at radius 1 is 1.19 bits per heavy atom. The van der Waals surface area contributed by atoms with Gasteiger partial charge in [-0.3, -0.25) is 14.4 Å². The summed E-state index contributed by atoms with van der Waals surface area (Å²) >= 11 is 0. The molecule has 2 heterocycles. The predicted octanol–water partition coefficient (Wildman–Crippen LogP) is 1.20. The lowest BCUT2D eigenvalue weighted by Gasteiger charge is -2.34. The number of carbonyl (C=O) groups excluding carboxylic acids is 3. The van der Waals surface area contributed by atoms with Gasteiger partial charge in [0.05, 0.1) is 12.3 Å². The number of β-amino-alcohol motifs (C(OH)–C–C–N with tert-alkyl or cyclic N) is 1. The highest BCUT2D eigenvalue weighted by molar-refractivity contribution is 5.90. The van der Waals surface area contributed by atoms with E-state index in [-0.39, 0.29) is 30.7 Å². The Labute approximate surface area is 187 Å². The van der Waals surface area contributed by atoms with Gasteiger partial charge >= 0.3 is 0 Å². The molecule has 0 aliphatic carbocycles. The highest BCUT2D eigenvalue weighted by Gasteiger charge is 2.45. The van der Waals surface area contributed by atoms with Crippen LogP contribution in [0.3, 0.4) is 0 Å². The minimum atomic E-state index is -0.754. The van der Waals surface area contributed by atoms with Gasteiger partial charge in [-0.1, -0.05) is 38.1 Å². The van der Waals surface area contributed by atoms with Crippen molar-refractivity contribution in [3.8, 4) is 11.3 Å². The summed E-state index contributed by atoms with van der Waals surface area (Å²) in [6.45, 7) is 7.29. The van der Waals surface area contributed by atoms with Crippen molar-refractivity contribution in [1.82, 2.24) is 25.2 Å². The zero-order chi connectivity index (χ0) is 23.6. The van der Waals surface area contributed by atoms with Crippen LogP contribution in [0.15, 0.2) is 30.5 Å². The number of aromatic nitrogens is 3. The van der Waals surface area contributed by atoms with Gasteiger partial charge in [0, 0.05) is 38.2 Å². The largest absolute Gasteiger partial charge is 0.391 e. The molecule has 1 aliphatic heterocycles. The van der Waals surface area contributed by atoms with Crippen LogP contribution in [0, 0.1) is 5.41 Å². The summed E-state index contributed by atoms with van der Waals surface area (Å²) in [5.41, 5.74) is 1.50. The van der Waals surface area contributed by atoms with Gasteiger partial charge in [0.2, 0.25) is 17.7 Å². The summed E-state index contributed by atoms with van der Waals surface area (Å²) < 4.78 is 1.52. The molecule has 3 atom stereocenters. The Bertz CT molecular complexity index is 995. The molecule has 3 amide bonds. The van der Waals surface area contributed by atoms with Gasteiger partial charge in [0.1, 0.15) is 17.8 Å². The molecular weight excluding hydrogens is 412 g/mol. The highest BCUT2D eigenvalue weighted by Crippen LogP contribution is 2.35. The molecule has 1 aromatic heterocycles. The third-order valence-electron chi connectivity index (χ3n) is 5.44. The summed E-state index contributed by atoms with van der Waals surface area (Å²) in [4.78, 5) is 38.5. The lowest BCUT2D eigenvalue weighted by molar-refractivity contribution is -0.144. The molecule has 3 rings (SSSR count). The van der Waals surface area contributed by atoms with Crippen LogP contribution in [0.25, 0.3) is 11.3 Å². The third-order valence-corrected chi connectivity index (χ3v) is 5.44. The van der Waals surface area contributed by atoms with E-state index in [2.05, 4.69) is 20.9 Å². The van der Waals surface area contributed by atoms with Gasteiger partial charge in [0.25, 0.3) is 0 Å². The van der Waals surface area contributed by atoms with Gasteiger partial charge in [-0.15, -0.1) is 5.10 Å². The van der Waals surface area contributed by atoms with E-state index in [0.29, 0.717) is 11.4 Å². The topological polar surface area (TPSA) is 129 Å². The number of hydrogen-bond donors (Lipinski definition) is 3. The summed E-state index contributed by atoms with van der Waals surface area (Å²) in [5.74, 6) is -0.751. The molecule has 32 heavy (non-hydrogen) atoms. The molecule has 10 nitrogen and oxygen atoms in total. The second-order valence-electron chi connectivity index (χ2n) is 9.12. The van der Waals surface area contributed by atoms with Crippen molar-refractivity contribution in [2.45, 2.75) is 52.3 Å². The van der Waals surface area contributed by atoms with E-state index in [0.717, 1.165) is 5.56 Å². The monoisotopic (exact) mass is 442 g/mol. The van der Waals surface area contributed by atoms with Crippen molar-refractivity contribution in [3.05, 3.63) is 30.5 Å². The van der Waals surface area contributed by atoms with E-state index < -0.39 is 23.6 Å². The number of likely N-dealkylation sites (tertiary alicyclic amines) is 1. The first-order chi connectivity index (χ1) is 15.0. The van der Waals surface area contributed by atoms with Crippen LogP contribution in [0.1, 0.15) is 40.2 Å². The molecule has 0 radical (unpaired) electrons. The van der Waals surface area contributed by atoms with Crippen LogP contribution in [0.2, 0.25) is 0 Å². The van der Waals surface area contributed by atoms with Crippen LogP contribution in [0.4, 0.5) is 5.69 Å². The third kappa shape index (κ3) is 4.96. The average molecular weight is 443 g/mol. The van der Waals surface area contributed by atoms with Crippen molar-refractivity contribution in [2.75, 3.05) is 18.9 Å². The molecule has 0 unspecified atom stereocenters. The molecule has 10 heteroatoms. The number of anilines is 1. The van der Waals surface area contributed by atoms with E-state index in [4.69, 9.17) is 0 Å². The molecule has 0 bridgehead atoms. The van der Waals surface area contributed by atoms with E-state index in [1.165, 1.54) is 23.6 Å². The fourth-order valence-electron chi connectivity index (χ4n) is 3.97. The summed E-state index contributed by atoms with van der Waals surface area (Å²) in [7, 11) is 1.51. The molecule has 172 valence electrons. The zero-order valence-corrected chi connectivity index (χ0v) is 19.0. The number of nitrogens with zero attached hydrogens (tertiary/aromatic N) is 4. The number of nitrogens with one attached hydrogen (secondary N) is 2. The maximum atomic E-state index is 13.6. The van der Waals surface area contributed by atoms with Crippen LogP contribution < -0.4 is 10.6 Å².